The van der Waals surface area contributed by atoms with Crippen LogP contribution in [-0.2, 0) is 6.42 Å². The zero-order valence-corrected chi connectivity index (χ0v) is 31.4. The summed E-state index contributed by atoms with van der Waals surface area (Å²) in [6.45, 7) is 0. The molecule has 0 fully saturated rings. The molecular weight excluding hydrogens is 709 g/mol. The smallest absolute Gasteiger partial charge is 0.227 e. The number of fused-ring (bicyclic) bond motifs is 9. The van der Waals surface area contributed by atoms with Crippen LogP contribution in [0.25, 0.3) is 88.6 Å². The van der Waals surface area contributed by atoms with Crippen LogP contribution in [0, 0.1) is 0 Å². The quantitative estimate of drug-likeness (QED) is 0.170. The van der Waals surface area contributed by atoms with E-state index in [-0.39, 0.29) is 0 Å². The summed E-state index contributed by atoms with van der Waals surface area (Å²) in [6.07, 6.45) is 0.910. The largest absolute Gasteiger partial charge is 0.455 e. The number of hydrogen-bond acceptors (Lipinski definition) is 4. The molecule has 0 aliphatic heterocycles. The highest BCUT2D eigenvalue weighted by Gasteiger charge is 2.25. The topological polar surface area (TPSA) is 42.4 Å². The van der Waals surface area contributed by atoms with Crippen molar-refractivity contribution in [2.24, 2.45) is 0 Å². The number of anilines is 3. The molecule has 1 aliphatic rings. The minimum absolute atomic E-state index is 0.618. The lowest BCUT2D eigenvalue weighted by atomic mass is 9.98. The standard InChI is InChI=1S/C54H34N2O2/c1-3-11-34(12-4-1)35-19-23-42(24-20-35)56(43-25-26-45-41(30-43)29-39-15-7-9-17-44(39)45)49-32-40-16-8-10-18-46(40)53-52(49)47-31-37(22-28-50(47)57-53)38-21-27-48-51(33-38)58-54(55-48)36-13-5-2-6-14-36/h1-28,30-33H,29H2. The fourth-order valence-electron chi connectivity index (χ4n) is 8.89. The van der Waals surface area contributed by atoms with Crippen LogP contribution in [0.15, 0.2) is 203 Å². The van der Waals surface area contributed by atoms with E-state index < -0.39 is 0 Å². The molecule has 58 heavy (non-hydrogen) atoms. The van der Waals surface area contributed by atoms with Crippen molar-refractivity contribution in [1.82, 2.24) is 4.98 Å². The van der Waals surface area contributed by atoms with Crippen molar-refractivity contribution >= 4 is 60.9 Å². The van der Waals surface area contributed by atoms with E-state index in [2.05, 4.69) is 163 Å². The van der Waals surface area contributed by atoms with Gasteiger partial charge in [-0.2, -0.15) is 0 Å². The van der Waals surface area contributed by atoms with Crippen LogP contribution in [0.5, 0.6) is 0 Å². The molecule has 11 aromatic rings. The van der Waals surface area contributed by atoms with Gasteiger partial charge in [-0.05, 0) is 123 Å². The first kappa shape index (κ1) is 32.5. The monoisotopic (exact) mass is 742 g/mol. The average Bonchev–Trinajstić information content (AvgIpc) is 4.00. The molecule has 2 heterocycles. The first-order valence-electron chi connectivity index (χ1n) is 19.7. The van der Waals surface area contributed by atoms with E-state index in [1.165, 1.54) is 33.4 Å². The summed E-state index contributed by atoms with van der Waals surface area (Å²) in [4.78, 5) is 7.20. The number of oxazole rings is 1. The van der Waals surface area contributed by atoms with Crippen LogP contribution < -0.4 is 4.90 Å². The summed E-state index contributed by atoms with van der Waals surface area (Å²) in [5, 5.41) is 4.32. The van der Waals surface area contributed by atoms with Crippen LogP contribution >= 0.6 is 0 Å². The van der Waals surface area contributed by atoms with E-state index in [4.69, 9.17) is 13.8 Å². The van der Waals surface area contributed by atoms with Gasteiger partial charge in [-0.25, -0.2) is 4.98 Å². The molecular formula is C54H34N2O2. The number of furan rings is 1. The highest BCUT2D eigenvalue weighted by Crippen LogP contribution is 2.48. The van der Waals surface area contributed by atoms with E-state index in [9.17, 15) is 0 Å². The summed E-state index contributed by atoms with van der Waals surface area (Å²) >= 11 is 0. The Morgan fingerprint density at radius 3 is 1.97 bits per heavy atom. The molecule has 0 unspecified atom stereocenters. The van der Waals surface area contributed by atoms with Crippen molar-refractivity contribution in [1.29, 1.82) is 0 Å². The van der Waals surface area contributed by atoms with Crippen LogP contribution in [0.4, 0.5) is 17.1 Å². The lowest BCUT2D eigenvalue weighted by Gasteiger charge is -2.27. The van der Waals surface area contributed by atoms with E-state index in [1.54, 1.807) is 0 Å². The minimum Gasteiger partial charge on any atom is -0.455 e. The highest BCUT2D eigenvalue weighted by atomic mass is 16.3. The van der Waals surface area contributed by atoms with Gasteiger partial charge < -0.3 is 13.7 Å². The lowest BCUT2D eigenvalue weighted by molar-refractivity contribution is 0.620. The van der Waals surface area contributed by atoms with Gasteiger partial charge in [0, 0.05) is 27.7 Å². The summed E-state index contributed by atoms with van der Waals surface area (Å²) in [5.41, 5.74) is 17.3. The van der Waals surface area contributed by atoms with Crippen molar-refractivity contribution < 1.29 is 8.83 Å². The summed E-state index contributed by atoms with van der Waals surface area (Å²) in [6, 6.07) is 68.9. The second-order valence-corrected chi connectivity index (χ2v) is 15.1. The molecule has 9 aromatic carbocycles. The van der Waals surface area contributed by atoms with Crippen LogP contribution in [0.3, 0.4) is 0 Å². The number of nitrogens with zero attached hydrogens (tertiary/aromatic N) is 2. The summed E-state index contributed by atoms with van der Waals surface area (Å²) < 4.78 is 13.2. The highest BCUT2D eigenvalue weighted by molar-refractivity contribution is 6.22. The molecule has 0 saturated carbocycles. The fourth-order valence-corrected chi connectivity index (χ4v) is 8.89. The molecule has 0 N–H and O–H groups in total. The molecule has 4 heteroatoms. The van der Waals surface area contributed by atoms with E-state index in [1.807, 2.05) is 36.4 Å². The molecule has 0 spiro atoms. The van der Waals surface area contributed by atoms with Gasteiger partial charge >= 0.3 is 0 Å². The molecule has 0 atom stereocenters. The molecule has 0 amide bonds. The van der Waals surface area contributed by atoms with Crippen LogP contribution in [0.2, 0.25) is 0 Å². The van der Waals surface area contributed by atoms with Gasteiger partial charge in [0.1, 0.15) is 16.7 Å². The first-order chi connectivity index (χ1) is 28.7. The van der Waals surface area contributed by atoms with E-state index in [0.29, 0.717) is 5.89 Å². The fraction of sp³-hybridized carbons (Fsp3) is 0.0185. The van der Waals surface area contributed by atoms with Gasteiger partial charge in [-0.1, -0.05) is 127 Å². The third-order valence-electron chi connectivity index (χ3n) is 11.7. The lowest BCUT2D eigenvalue weighted by Crippen LogP contribution is -2.11. The Kier molecular flexibility index (Phi) is 7.26. The Hall–Kier alpha value is -7.69. The third-order valence-corrected chi connectivity index (χ3v) is 11.7. The van der Waals surface area contributed by atoms with Crippen LogP contribution in [-0.4, -0.2) is 4.98 Å². The van der Waals surface area contributed by atoms with Crippen molar-refractivity contribution in [2.75, 3.05) is 4.90 Å². The number of aromatic nitrogens is 1. The molecule has 0 bridgehead atoms. The predicted molar refractivity (Wildman–Crippen MR) is 238 cm³/mol. The number of benzene rings is 9. The SMILES string of the molecule is c1ccc(-c2ccc(N(c3ccc4c(c3)Cc3ccccc3-4)c3cc4ccccc4c4oc5ccc(-c6ccc7nc(-c8ccccc8)oc7c6)cc5c34)cc2)cc1. The van der Waals surface area contributed by atoms with Gasteiger partial charge in [-0.15, -0.1) is 0 Å². The maximum atomic E-state index is 6.88. The first-order valence-corrected chi connectivity index (χ1v) is 19.7. The average molecular weight is 743 g/mol. The zero-order valence-electron chi connectivity index (χ0n) is 31.4. The molecule has 2 aromatic heterocycles. The Labute approximate surface area is 334 Å². The maximum absolute atomic E-state index is 6.88. The molecule has 12 rings (SSSR count). The predicted octanol–water partition coefficient (Wildman–Crippen LogP) is 14.9. The van der Waals surface area contributed by atoms with Crippen molar-refractivity contribution in [2.45, 2.75) is 6.42 Å². The number of hydrogen-bond donors (Lipinski definition) is 0. The summed E-state index contributed by atoms with van der Waals surface area (Å²) in [7, 11) is 0. The number of rotatable bonds is 6. The van der Waals surface area contributed by atoms with Crippen molar-refractivity contribution in [3.63, 3.8) is 0 Å². The zero-order chi connectivity index (χ0) is 38.2. The van der Waals surface area contributed by atoms with E-state index >= 15 is 0 Å². The van der Waals surface area contributed by atoms with Gasteiger partial charge in [0.15, 0.2) is 5.58 Å². The van der Waals surface area contributed by atoms with Gasteiger partial charge in [-0.3, -0.25) is 0 Å². The second kappa shape index (κ2) is 12.9. The summed E-state index contributed by atoms with van der Waals surface area (Å²) in [5.74, 6) is 0.618. The third kappa shape index (κ3) is 5.26. The van der Waals surface area contributed by atoms with Crippen molar-refractivity contribution in [3.8, 4) is 44.8 Å². The normalized spacial score (nSPS) is 12.1. The van der Waals surface area contributed by atoms with Gasteiger partial charge in [0.25, 0.3) is 0 Å². The van der Waals surface area contributed by atoms with Crippen molar-refractivity contribution in [3.05, 3.63) is 205 Å². The maximum Gasteiger partial charge on any atom is 0.227 e. The van der Waals surface area contributed by atoms with E-state index in [0.717, 1.165) is 84.0 Å². The molecule has 1 aliphatic carbocycles. The Balaban J connectivity index is 1.07. The van der Waals surface area contributed by atoms with Gasteiger partial charge in [0.05, 0.1) is 11.1 Å². The van der Waals surface area contributed by atoms with Crippen LogP contribution in [0.1, 0.15) is 11.1 Å². The Bertz CT molecular complexity index is 3360. The molecule has 0 radical (unpaired) electrons. The second-order valence-electron chi connectivity index (χ2n) is 15.1. The Morgan fingerprint density at radius 2 is 1.10 bits per heavy atom. The molecule has 4 nitrogen and oxygen atoms in total. The minimum atomic E-state index is 0.618. The Morgan fingerprint density at radius 1 is 0.431 bits per heavy atom. The molecule has 0 saturated heterocycles. The van der Waals surface area contributed by atoms with Gasteiger partial charge in [0.2, 0.25) is 5.89 Å². The molecule has 272 valence electrons.